The summed E-state index contributed by atoms with van der Waals surface area (Å²) in [5.41, 5.74) is -3.72. The topological polar surface area (TPSA) is 24.1 Å². The van der Waals surface area contributed by atoms with E-state index in [1.54, 1.807) is 0 Å². The van der Waals surface area contributed by atoms with Crippen LogP contribution in [0, 0.1) is 0 Å². The predicted octanol–water partition coefficient (Wildman–Crippen LogP) is 9.45. The quantitative estimate of drug-likeness (QED) is 0.173. The van der Waals surface area contributed by atoms with Crippen molar-refractivity contribution in [2.75, 3.05) is 6.54 Å². The molecule has 220 valence electrons. The highest BCUT2D eigenvalue weighted by atomic mass is 35.5. The van der Waals surface area contributed by atoms with E-state index in [-0.39, 0.29) is 27.2 Å². The molecule has 0 saturated heterocycles. The Bertz CT molecular complexity index is 1280. The molecule has 0 radical (unpaired) electrons. The summed E-state index contributed by atoms with van der Waals surface area (Å²) in [6.07, 6.45) is -14.8. The lowest BCUT2D eigenvalue weighted by molar-refractivity contribution is -0.140. The van der Waals surface area contributed by atoms with E-state index < -0.39 is 75.1 Å². The minimum absolute atomic E-state index is 0.0501. The second kappa shape index (κ2) is 13.0. The smallest absolute Gasteiger partial charge is 0.369 e. The maximum absolute atomic E-state index is 15.0. The first-order valence-corrected chi connectivity index (χ1v) is 12.5. The molecular formula is C23H15Cl3F10N2S2. The largest absolute Gasteiger partial charge is 0.417 e. The molecule has 2 atom stereocenters. The van der Waals surface area contributed by atoms with E-state index in [9.17, 15) is 39.5 Å². The summed E-state index contributed by atoms with van der Waals surface area (Å²) in [7, 11) is 0. The minimum atomic E-state index is -5.16. The molecule has 0 bridgehead atoms. The predicted molar refractivity (Wildman–Crippen MR) is 142 cm³/mol. The molecule has 0 amide bonds. The Balaban J connectivity index is 2.45. The second-order valence-electron chi connectivity index (χ2n) is 8.12. The third-order valence-electron chi connectivity index (χ3n) is 5.08. The molecule has 2 aromatic rings. The van der Waals surface area contributed by atoms with Crippen molar-refractivity contribution in [3.63, 3.8) is 0 Å². The van der Waals surface area contributed by atoms with Crippen LogP contribution in [0.5, 0.6) is 0 Å². The minimum Gasteiger partial charge on any atom is -0.369 e. The number of halogens is 13. The molecule has 2 nitrogen and oxygen atoms in total. The number of benzene rings is 2. The molecule has 2 N–H and O–H groups in total. The monoisotopic (exact) mass is 678 g/mol. The van der Waals surface area contributed by atoms with Gasteiger partial charge in [0.05, 0.1) is 31.7 Å². The van der Waals surface area contributed by atoms with E-state index in [1.165, 1.54) is 6.92 Å². The highest BCUT2D eigenvalue weighted by Gasteiger charge is 2.41. The third-order valence-corrected chi connectivity index (χ3v) is 7.11. The van der Waals surface area contributed by atoms with Crippen LogP contribution < -0.4 is 10.6 Å². The number of alkyl halides is 9. The maximum Gasteiger partial charge on any atom is 0.417 e. The van der Waals surface area contributed by atoms with Crippen LogP contribution in [0.3, 0.4) is 0 Å². The Morgan fingerprint density at radius 1 is 0.925 bits per heavy atom. The van der Waals surface area contributed by atoms with Gasteiger partial charge in [0.25, 0.3) is 0 Å². The number of nitrogens with one attached hydrogen (secondary N) is 2. The van der Waals surface area contributed by atoms with Crippen molar-refractivity contribution < 1.29 is 43.9 Å². The van der Waals surface area contributed by atoms with E-state index in [2.05, 4.69) is 5.32 Å². The first-order valence-electron chi connectivity index (χ1n) is 10.6. The van der Waals surface area contributed by atoms with Gasteiger partial charge in [-0.2, -0.15) is 39.5 Å². The molecule has 2 aromatic carbocycles. The van der Waals surface area contributed by atoms with Crippen molar-refractivity contribution in [1.82, 2.24) is 10.6 Å². The van der Waals surface area contributed by atoms with Gasteiger partial charge >= 0.3 is 18.5 Å². The molecule has 0 fully saturated rings. The standard InChI is InChI=1S/C23H15Cl3F10N2S2/c1-9(19(39)37-8-21(28,29)30)38-20(40)12-3-2-10(4-14(12)23(34,35)36)17(27)7-13(22(31,32)33)11-5-15(24)18(26)16(25)6-11/h2-7,9,13H,8H2,1H3,(H,37,39)(H,38,40)/b17-7-. The van der Waals surface area contributed by atoms with Crippen LogP contribution in [0.15, 0.2) is 36.4 Å². The van der Waals surface area contributed by atoms with Gasteiger partial charge in [0, 0.05) is 11.1 Å². The summed E-state index contributed by atoms with van der Waals surface area (Å²) >= 11 is 27.0. The van der Waals surface area contributed by atoms with Gasteiger partial charge in [-0.1, -0.05) is 71.4 Å². The molecule has 0 aromatic heterocycles. The fourth-order valence-electron chi connectivity index (χ4n) is 3.18. The zero-order chi connectivity index (χ0) is 30.8. The summed E-state index contributed by atoms with van der Waals surface area (Å²) in [4.78, 5) is -1.01. The van der Waals surface area contributed by atoms with Crippen LogP contribution in [0.1, 0.15) is 35.1 Å². The van der Waals surface area contributed by atoms with E-state index in [0.29, 0.717) is 6.07 Å². The van der Waals surface area contributed by atoms with Gasteiger partial charge in [-0.15, -0.1) is 0 Å². The summed E-state index contributed by atoms with van der Waals surface area (Å²) < 4.78 is 135. The lowest BCUT2D eigenvalue weighted by Crippen LogP contribution is -2.46. The molecule has 0 aliphatic heterocycles. The van der Waals surface area contributed by atoms with Crippen molar-refractivity contribution in [2.24, 2.45) is 0 Å². The van der Waals surface area contributed by atoms with Crippen molar-refractivity contribution in [2.45, 2.75) is 37.4 Å². The van der Waals surface area contributed by atoms with E-state index >= 15 is 4.39 Å². The third kappa shape index (κ3) is 9.33. The Hall–Kier alpha value is -1.87. The van der Waals surface area contributed by atoms with Crippen molar-refractivity contribution in [1.29, 1.82) is 0 Å². The SMILES string of the molecule is CC(NC(=S)c1ccc(/C(F)=C/C(c2cc(Cl)c(Cl)c(Cl)c2)C(F)(F)F)cc1C(F)(F)F)C(=S)NCC(F)(F)F. The number of allylic oxidation sites excluding steroid dienone is 1. The number of rotatable bonds is 7. The van der Waals surface area contributed by atoms with Gasteiger partial charge in [0.1, 0.15) is 23.3 Å². The molecule has 0 spiro atoms. The maximum atomic E-state index is 15.0. The van der Waals surface area contributed by atoms with Crippen molar-refractivity contribution in [3.05, 3.63) is 73.7 Å². The molecule has 0 saturated carbocycles. The molecule has 0 heterocycles. The van der Waals surface area contributed by atoms with E-state index in [4.69, 9.17) is 59.2 Å². The van der Waals surface area contributed by atoms with Crippen LogP contribution in [0.2, 0.25) is 15.1 Å². The normalized spacial score (nSPS) is 14.5. The number of hydrogen-bond donors (Lipinski definition) is 2. The number of hydrogen-bond acceptors (Lipinski definition) is 2. The molecule has 40 heavy (non-hydrogen) atoms. The lowest BCUT2D eigenvalue weighted by atomic mass is 9.95. The average molecular weight is 680 g/mol. The first-order chi connectivity index (χ1) is 18.1. The van der Waals surface area contributed by atoms with Crippen LogP contribution in [0.25, 0.3) is 5.83 Å². The first kappa shape index (κ1) is 34.3. The molecular weight excluding hydrogens is 665 g/mol. The Morgan fingerprint density at radius 3 is 1.95 bits per heavy atom. The molecule has 2 unspecified atom stereocenters. The zero-order valence-corrected chi connectivity index (χ0v) is 23.5. The molecule has 17 heteroatoms. The Labute approximate surface area is 246 Å². The average Bonchev–Trinajstić information content (AvgIpc) is 2.81. The van der Waals surface area contributed by atoms with Gasteiger partial charge in [0.15, 0.2) is 0 Å². The lowest BCUT2D eigenvalue weighted by Gasteiger charge is -2.21. The van der Waals surface area contributed by atoms with Gasteiger partial charge in [-0.05, 0) is 36.8 Å². The van der Waals surface area contributed by atoms with Crippen molar-refractivity contribution in [3.8, 4) is 0 Å². The Kier molecular flexibility index (Phi) is 11.1. The number of thiocarbonyl (C=S) groups is 2. The fraction of sp³-hybridized carbons (Fsp3) is 0.304. The van der Waals surface area contributed by atoms with Gasteiger partial charge in [0.2, 0.25) is 0 Å². The van der Waals surface area contributed by atoms with Gasteiger partial charge in [-0.25, -0.2) is 4.39 Å². The van der Waals surface area contributed by atoms with Gasteiger partial charge in [-0.3, -0.25) is 0 Å². The van der Waals surface area contributed by atoms with Crippen LogP contribution in [-0.4, -0.2) is 34.9 Å². The fourth-order valence-corrected chi connectivity index (χ4v) is 4.28. The zero-order valence-electron chi connectivity index (χ0n) is 19.6. The highest BCUT2D eigenvalue weighted by molar-refractivity contribution is 7.81. The van der Waals surface area contributed by atoms with Crippen LogP contribution in [-0.2, 0) is 6.18 Å². The molecule has 0 aliphatic carbocycles. The molecule has 2 rings (SSSR count). The van der Waals surface area contributed by atoms with E-state index in [0.717, 1.165) is 18.2 Å². The van der Waals surface area contributed by atoms with Crippen LogP contribution in [0.4, 0.5) is 43.9 Å². The highest BCUT2D eigenvalue weighted by Crippen LogP contribution is 2.43. The summed E-state index contributed by atoms with van der Waals surface area (Å²) in [6.45, 7) is -0.263. The van der Waals surface area contributed by atoms with Crippen molar-refractivity contribution >= 4 is 75.0 Å². The Morgan fingerprint density at radius 2 is 1.48 bits per heavy atom. The van der Waals surface area contributed by atoms with Gasteiger partial charge < -0.3 is 10.6 Å². The van der Waals surface area contributed by atoms with E-state index in [1.807, 2.05) is 5.32 Å². The molecule has 0 aliphatic rings. The summed E-state index contributed by atoms with van der Waals surface area (Å²) in [6, 6.07) is 2.15. The summed E-state index contributed by atoms with van der Waals surface area (Å²) in [5, 5.41) is 3.27. The second-order valence-corrected chi connectivity index (χ2v) is 10.2. The summed E-state index contributed by atoms with van der Waals surface area (Å²) in [5.74, 6) is -4.33. The van der Waals surface area contributed by atoms with Crippen LogP contribution >= 0.6 is 59.2 Å².